The van der Waals surface area contributed by atoms with E-state index in [2.05, 4.69) is 15.1 Å². The number of hydrogen-bond acceptors (Lipinski definition) is 2. The summed E-state index contributed by atoms with van der Waals surface area (Å²) in [5, 5.41) is 7.06. The van der Waals surface area contributed by atoms with Gasteiger partial charge in [-0.1, -0.05) is 12.8 Å². The second-order valence-electron chi connectivity index (χ2n) is 5.54. The number of carbonyl (C=O) groups is 1. The average molecular weight is 247 g/mol. The lowest BCUT2D eigenvalue weighted by Gasteiger charge is -2.36. The van der Waals surface area contributed by atoms with Crippen LogP contribution in [0.5, 0.6) is 0 Å². The van der Waals surface area contributed by atoms with Gasteiger partial charge in [-0.3, -0.25) is 9.89 Å². The molecule has 4 heteroatoms. The zero-order valence-electron chi connectivity index (χ0n) is 10.8. The molecule has 0 radical (unpaired) electrons. The van der Waals surface area contributed by atoms with Gasteiger partial charge < -0.3 is 4.90 Å². The zero-order valence-corrected chi connectivity index (χ0v) is 10.8. The van der Waals surface area contributed by atoms with Gasteiger partial charge in [0.25, 0.3) is 0 Å². The van der Waals surface area contributed by atoms with Crippen molar-refractivity contribution in [1.29, 1.82) is 0 Å². The normalized spacial score (nSPS) is 25.6. The van der Waals surface area contributed by atoms with E-state index in [1.165, 1.54) is 19.3 Å². The zero-order chi connectivity index (χ0) is 12.4. The van der Waals surface area contributed by atoms with E-state index >= 15 is 0 Å². The van der Waals surface area contributed by atoms with E-state index in [9.17, 15) is 4.79 Å². The third-order valence-corrected chi connectivity index (χ3v) is 4.37. The molecular weight excluding hydrogens is 226 g/mol. The fourth-order valence-electron chi connectivity index (χ4n) is 3.38. The molecule has 3 rings (SSSR count). The van der Waals surface area contributed by atoms with Crippen molar-refractivity contribution in [3.8, 4) is 0 Å². The number of piperidine rings is 1. The predicted octanol–water partition coefficient (Wildman–Crippen LogP) is 2.65. The van der Waals surface area contributed by atoms with Gasteiger partial charge in [-0.2, -0.15) is 5.10 Å². The quantitative estimate of drug-likeness (QED) is 0.873. The van der Waals surface area contributed by atoms with E-state index < -0.39 is 0 Å². The van der Waals surface area contributed by atoms with Crippen LogP contribution in [-0.4, -0.2) is 27.5 Å². The summed E-state index contributed by atoms with van der Waals surface area (Å²) in [5.41, 5.74) is 1.10. The molecule has 1 unspecified atom stereocenters. The van der Waals surface area contributed by atoms with Gasteiger partial charge in [-0.15, -0.1) is 0 Å². The maximum atomic E-state index is 12.6. The van der Waals surface area contributed by atoms with Crippen LogP contribution in [0, 0.1) is 5.92 Å². The summed E-state index contributed by atoms with van der Waals surface area (Å²) < 4.78 is 0. The largest absolute Gasteiger partial charge is 0.334 e. The third kappa shape index (κ3) is 2.16. The van der Waals surface area contributed by atoms with Crippen molar-refractivity contribution < 1.29 is 4.79 Å². The minimum Gasteiger partial charge on any atom is -0.334 e. The lowest BCUT2D eigenvalue weighted by Crippen LogP contribution is -2.41. The van der Waals surface area contributed by atoms with Gasteiger partial charge in [0.1, 0.15) is 0 Å². The molecule has 0 aromatic carbocycles. The summed E-state index contributed by atoms with van der Waals surface area (Å²) in [6, 6.07) is 2.24. The second-order valence-corrected chi connectivity index (χ2v) is 5.54. The second kappa shape index (κ2) is 5.12. The molecule has 4 nitrogen and oxygen atoms in total. The predicted molar refractivity (Wildman–Crippen MR) is 68.9 cm³/mol. The molecule has 98 valence electrons. The van der Waals surface area contributed by atoms with Crippen molar-refractivity contribution in [1.82, 2.24) is 15.1 Å². The number of H-pyrrole nitrogens is 1. The van der Waals surface area contributed by atoms with Crippen molar-refractivity contribution in [3.63, 3.8) is 0 Å². The number of nitrogens with zero attached hydrogens (tertiary/aromatic N) is 2. The maximum absolute atomic E-state index is 12.6. The molecule has 2 fully saturated rings. The van der Waals surface area contributed by atoms with Crippen LogP contribution in [0.15, 0.2) is 12.3 Å². The summed E-state index contributed by atoms with van der Waals surface area (Å²) in [4.78, 5) is 14.7. The highest BCUT2D eigenvalue weighted by atomic mass is 16.2. The summed E-state index contributed by atoms with van der Waals surface area (Å²) in [5.74, 6) is 0.667. The van der Waals surface area contributed by atoms with E-state index in [1.54, 1.807) is 6.20 Å². The highest BCUT2D eigenvalue weighted by molar-refractivity contribution is 5.79. The van der Waals surface area contributed by atoms with E-state index in [0.29, 0.717) is 5.91 Å². The topological polar surface area (TPSA) is 49.0 Å². The Morgan fingerprint density at radius 1 is 1.22 bits per heavy atom. The van der Waals surface area contributed by atoms with Gasteiger partial charge >= 0.3 is 0 Å². The number of carbonyl (C=O) groups excluding carboxylic acids is 1. The first-order valence-electron chi connectivity index (χ1n) is 7.16. The van der Waals surface area contributed by atoms with Gasteiger partial charge in [0.05, 0.1) is 11.7 Å². The van der Waals surface area contributed by atoms with Gasteiger partial charge in [0, 0.05) is 18.7 Å². The van der Waals surface area contributed by atoms with Gasteiger partial charge in [-0.25, -0.2) is 0 Å². The molecule has 2 aliphatic rings. The van der Waals surface area contributed by atoms with Crippen molar-refractivity contribution in [2.24, 2.45) is 5.92 Å². The van der Waals surface area contributed by atoms with Gasteiger partial charge in [0.2, 0.25) is 5.91 Å². The van der Waals surface area contributed by atoms with Crippen LogP contribution in [0.1, 0.15) is 56.7 Å². The Morgan fingerprint density at radius 3 is 2.72 bits per heavy atom. The van der Waals surface area contributed by atoms with Crippen molar-refractivity contribution in [2.75, 3.05) is 6.54 Å². The Kier molecular flexibility index (Phi) is 3.35. The maximum Gasteiger partial charge on any atom is 0.226 e. The number of likely N-dealkylation sites (tertiary alicyclic amines) is 1. The monoisotopic (exact) mass is 247 g/mol. The first-order chi connectivity index (χ1) is 8.86. The molecule has 1 aromatic heterocycles. The summed E-state index contributed by atoms with van der Waals surface area (Å²) in [6.45, 7) is 0.916. The molecule has 0 bridgehead atoms. The molecule has 1 saturated carbocycles. The number of hydrogen-bond donors (Lipinski definition) is 1. The number of aromatic amines is 1. The van der Waals surface area contributed by atoms with Gasteiger partial charge in [0.15, 0.2) is 0 Å². The molecule has 18 heavy (non-hydrogen) atoms. The van der Waals surface area contributed by atoms with E-state index in [-0.39, 0.29) is 12.0 Å². The van der Waals surface area contributed by atoms with Crippen LogP contribution < -0.4 is 0 Å². The molecule has 0 spiro atoms. The molecule has 1 saturated heterocycles. The Hall–Kier alpha value is -1.32. The summed E-state index contributed by atoms with van der Waals surface area (Å²) in [7, 11) is 0. The van der Waals surface area contributed by atoms with Crippen LogP contribution in [-0.2, 0) is 4.79 Å². The molecule has 1 aromatic rings. The van der Waals surface area contributed by atoms with Crippen LogP contribution >= 0.6 is 0 Å². The third-order valence-electron chi connectivity index (χ3n) is 4.37. The molecule has 1 amide bonds. The number of amides is 1. The lowest BCUT2D eigenvalue weighted by atomic mass is 9.96. The SMILES string of the molecule is O=C(C1CCCC1)N1CCCCC1c1ccn[nH]1. The Morgan fingerprint density at radius 2 is 2.00 bits per heavy atom. The van der Waals surface area contributed by atoms with E-state index in [0.717, 1.165) is 37.9 Å². The fourth-order valence-corrected chi connectivity index (χ4v) is 3.38. The van der Waals surface area contributed by atoms with E-state index in [4.69, 9.17) is 0 Å². The van der Waals surface area contributed by atoms with Crippen molar-refractivity contribution in [2.45, 2.75) is 51.0 Å². The minimum atomic E-state index is 0.231. The van der Waals surface area contributed by atoms with Crippen molar-refractivity contribution >= 4 is 5.91 Å². The van der Waals surface area contributed by atoms with Crippen LogP contribution in [0.4, 0.5) is 0 Å². The summed E-state index contributed by atoms with van der Waals surface area (Å²) >= 11 is 0. The highest BCUT2D eigenvalue weighted by Crippen LogP contribution is 2.34. The number of rotatable bonds is 2. The highest BCUT2D eigenvalue weighted by Gasteiger charge is 2.33. The fraction of sp³-hybridized carbons (Fsp3) is 0.714. The molecule has 1 aliphatic heterocycles. The Balaban J connectivity index is 1.77. The van der Waals surface area contributed by atoms with E-state index in [1.807, 2.05) is 6.07 Å². The summed E-state index contributed by atoms with van der Waals surface area (Å²) in [6.07, 6.45) is 9.82. The lowest BCUT2D eigenvalue weighted by molar-refractivity contribution is -0.139. The van der Waals surface area contributed by atoms with Crippen LogP contribution in [0.2, 0.25) is 0 Å². The Labute approximate surface area is 108 Å². The number of aromatic nitrogens is 2. The standard InChI is InChI=1S/C14H21N3O/c18-14(11-5-1-2-6-11)17-10-4-3-7-13(17)12-8-9-15-16-12/h8-9,11,13H,1-7,10H2,(H,15,16). The number of nitrogens with one attached hydrogen (secondary N) is 1. The molecule has 1 N–H and O–H groups in total. The molecule has 1 aliphatic carbocycles. The first-order valence-corrected chi connectivity index (χ1v) is 7.16. The van der Waals surface area contributed by atoms with Crippen molar-refractivity contribution in [3.05, 3.63) is 18.0 Å². The van der Waals surface area contributed by atoms with Crippen LogP contribution in [0.25, 0.3) is 0 Å². The first kappa shape index (κ1) is 11.8. The molecule has 1 atom stereocenters. The minimum absolute atomic E-state index is 0.231. The molecular formula is C14H21N3O. The average Bonchev–Trinajstić information content (AvgIpc) is 3.11. The van der Waals surface area contributed by atoms with Gasteiger partial charge in [-0.05, 0) is 38.2 Å². The van der Waals surface area contributed by atoms with Crippen LogP contribution in [0.3, 0.4) is 0 Å². The smallest absolute Gasteiger partial charge is 0.226 e. The molecule has 2 heterocycles. The Bertz CT molecular complexity index is 395.